The summed E-state index contributed by atoms with van der Waals surface area (Å²) in [5.74, 6) is 4.50. The van der Waals surface area contributed by atoms with Crippen molar-refractivity contribution < 1.29 is 8.78 Å². The molecule has 0 radical (unpaired) electrons. The van der Waals surface area contributed by atoms with Gasteiger partial charge in [0, 0.05) is 10.0 Å². The molecule has 0 aliphatic carbocycles. The van der Waals surface area contributed by atoms with Crippen LogP contribution >= 0.6 is 15.9 Å². The van der Waals surface area contributed by atoms with E-state index in [-0.39, 0.29) is 5.56 Å². The Balaban J connectivity index is 2.49. The molecule has 5 heteroatoms. The zero-order chi connectivity index (χ0) is 14.0. The Bertz CT molecular complexity index is 602. The zero-order valence-corrected chi connectivity index (χ0v) is 11.8. The molecule has 0 fully saturated rings. The van der Waals surface area contributed by atoms with Gasteiger partial charge in [0.2, 0.25) is 0 Å². The molecule has 0 heterocycles. The molecule has 0 aliphatic heterocycles. The minimum atomic E-state index is -0.595. The SMILES string of the molecule is Cc1cc(C(NN)c2cc(F)ccc2F)ccc1Br. The van der Waals surface area contributed by atoms with Crippen molar-refractivity contribution in [3.05, 3.63) is 69.2 Å². The van der Waals surface area contributed by atoms with Crippen molar-refractivity contribution >= 4 is 15.9 Å². The van der Waals surface area contributed by atoms with Gasteiger partial charge < -0.3 is 0 Å². The highest BCUT2D eigenvalue weighted by atomic mass is 79.9. The van der Waals surface area contributed by atoms with Gasteiger partial charge >= 0.3 is 0 Å². The van der Waals surface area contributed by atoms with Crippen LogP contribution in [0.25, 0.3) is 0 Å². The Kier molecular flexibility index (Phi) is 4.29. The number of halogens is 3. The lowest BCUT2D eigenvalue weighted by Crippen LogP contribution is -2.29. The van der Waals surface area contributed by atoms with Crippen LogP contribution in [-0.4, -0.2) is 0 Å². The number of nitrogens with one attached hydrogen (secondary N) is 1. The van der Waals surface area contributed by atoms with E-state index in [1.807, 2.05) is 25.1 Å². The highest BCUT2D eigenvalue weighted by Gasteiger charge is 2.17. The van der Waals surface area contributed by atoms with Crippen molar-refractivity contribution in [1.29, 1.82) is 0 Å². The summed E-state index contributed by atoms with van der Waals surface area (Å²) in [6.07, 6.45) is 0. The minimum absolute atomic E-state index is 0.184. The summed E-state index contributed by atoms with van der Waals surface area (Å²) < 4.78 is 28.0. The number of rotatable bonds is 3. The molecule has 0 bridgehead atoms. The summed E-state index contributed by atoms with van der Waals surface area (Å²) in [6, 6.07) is 8.27. The van der Waals surface area contributed by atoms with E-state index >= 15 is 0 Å². The summed E-state index contributed by atoms with van der Waals surface area (Å²) in [5, 5.41) is 0. The number of hydrogen-bond acceptors (Lipinski definition) is 2. The molecule has 0 amide bonds. The fourth-order valence-corrected chi connectivity index (χ4v) is 2.20. The van der Waals surface area contributed by atoms with Crippen molar-refractivity contribution in [2.75, 3.05) is 0 Å². The molecule has 100 valence electrons. The van der Waals surface area contributed by atoms with Gasteiger partial charge in [-0.15, -0.1) is 0 Å². The third-order valence-corrected chi connectivity index (χ3v) is 3.84. The van der Waals surface area contributed by atoms with Crippen molar-refractivity contribution in [2.24, 2.45) is 5.84 Å². The van der Waals surface area contributed by atoms with Gasteiger partial charge in [-0.3, -0.25) is 5.84 Å². The maximum atomic E-state index is 13.8. The molecule has 0 aliphatic rings. The van der Waals surface area contributed by atoms with Crippen LogP contribution in [0.5, 0.6) is 0 Å². The Hall–Kier alpha value is -1.30. The second-order valence-corrected chi connectivity index (χ2v) is 5.13. The topological polar surface area (TPSA) is 38.0 Å². The molecule has 19 heavy (non-hydrogen) atoms. The standard InChI is InChI=1S/C14H13BrF2N2/c1-8-6-9(2-4-12(8)15)14(19-18)11-7-10(16)3-5-13(11)17/h2-7,14,19H,18H2,1H3. The highest BCUT2D eigenvalue weighted by Crippen LogP contribution is 2.27. The number of nitrogens with two attached hydrogens (primary N) is 1. The van der Waals surface area contributed by atoms with E-state index in [1.165, 1.54) is 0 Å². The van der Waals surface area contributed by atoms with Gasteiger partial charge in [0.25, 0.3) is 0 Å². The molecule has 0 aromatic heterocycles. The third-order valence-electron chi connectivity index (χ3n) is 2.95. The van der Waals surface area contributed by atoms with Gasteiger partial charge in [0.05, 0.1) is 6.04 Å². The summed E-state index contributed by atoms with van der Waals surface area (Å²) in [5.41, 5.74) is 4.48. The first-order chi connectivity index (χ1) is 9.02. The summed E-state index contributed by atoms with van der Waals surface area (Å²) in [4.78, 5) is 0. The van der Waals surface area contributed by atoms with Crippen LogP contribution in [0, 0.1) is 18.6 Å². The predicted octanol–water partition coefficient (Wildman–Crippen LogP) is 3.59. The normalized spacial score (nSPS) is 12.5. The molecular weight excluding hydrogens is 314 g/mol. The van der Waals surface area contributed by atoms with Crippen molar-refractivity contribution in [3.8, 4) is 0 Å². The van der Waals surface area contributed by atoms with Crippen molar-refractivity contribution in [2.45, 2.75) is 13.0 Å². The molecule has 0 saturated heterocycles. The minimum Gasteiger partial charge on any atom is -0.271 e. The number of aryl methyl sites for hydroxylation is 1. The first-order valence-corrected chi connectivity index (χ1v) is 6.49. The van der Waals surface area contributed by atoms with Gasteiger partial charge in [-0.25, -0.2) is 14.2 Å². The van der Waals surface area contributed by atoms with E-state index in [2.05, 4.69) is 21.4 Å². The number of hydrogen-bond donors (Lipinski definition) is 2. The quantitative estimate of drug-likeness (QED) is 0.668. The maximum Gasteiger partial charge on any atom is 0.128 e. The second-order valence-electron chi connectivity index (χ2n) is 4.27. The first kappa shape index (κ1) is 14.1. The van der Waals surface area contributed by atoms with E-state index in [4.69, 9.17) is 5.84 Å². The summed E-state index contributed by atoms with van der Waals surface area (Å²) >= 11 is 3.40. The van der Waals surface area contributed by atoms with E-state index < -0.39 is 17.7 Å². The van der Waals surface area contributed by atoms with E-state index in [1.54, 1.807) is 0 Å². The molecule has 0 spiro atoms. The average Bonchev–Trinajstić information content (AvgIpc) is 2.38. The zero-order valence-electron chi connectivity index (χ0n) is 10.3. The Morgan fingerprint density at radius 2 is 1.89 bits per heavy atom. The van der Waals surface area contributed by atoms with E-state index in [0.717, 1.165) is 33.8 Å². The van der Waals surface area contributed by atoms with Crippen LogP contribution in [0.3, 0.4) is 0 Å². The molecule has 1 unspecified atom stereocenters. The van der Waals surface area contributed by atoms with Crippen LogP contribution in [0.2, 0.25) is 0 Å². The predicted molar refractivity (Wildman–Crippen MR) is 74.4 cm³/mol. The van der Waals surface area contributed by atoms with Gasteiger partial charge in [0.15, 0.2) is 0 Å². The molecular formula is C14H13BrF2N2. The van der Waals surface area contributed by atoms with Crippen LogP contribution in [0.4, 0.5) is 8.78 Å². The maximum absolute atomic E-state index is 13.8. The Morgan fingerprint density at radius 3 is 2.53 bits per heavy atom. The molecule has 2 aromatic rings. The highest BCUT2D eigenvalue weighted by molar-refractivity contribution is 9.10. The fourth-order valence-electron chi connectivity index (χ4n) is 1.95. The summed E-state index contributed by atoms with van der Waals surface area (Å²) in [6.45, 7) is 1.92. The molecule has 2 aromatic carbocycles. The van der Waals surface area contributed by atoms with Crippen LogP contribution in [0.15, 0.2) is 40.9 Å². The smallest absolute Gasteiger partial charge is 0.128 e. The number of benzene rings is 2. The lowest BCUT2D eigenvalue weighted by atomic mass is 9.97. The Morgan fingerprint density at radius 1 is 1.16 bits per heavy atom. The lowest BCUT2D eigenvalue weighted by molar-refractivity contribution is 0.545. The Labute approximate surface area is 118 Å². The van der Waals surface area contributed by atoms with Crippen molar-refractivity contribution in [1.82, 2.24) is 5.43 Å². The van der Waals surface area contributed by atoms with Crippen LogP contribution < -0.4 is 11.3 Å². The fraction of sp³-hybridized carbons (Fsp3) is 0.143. The van der Waals surface area contributed by atoms with Crippen LogP contribution in [-0.2, 0) is 0 Å². The molecule has 1 atom stereocenters. The van der Waals surface area contributed by atoms with Gasteiger partial charge in [-0.05, 0) is 42.3 Å². The monoisotopic (exact) mass is 326 g/mol. The lowest BCUT2D eigenvalue weighted by Gasteiger charge is -2.18. The number of hydrazine groups is 1. The second kappa shape index (κ2) is 5.77. The van der Waals surface area contributed by atoms with Crippen molar-refractivity contribution in [3.63, 3.8) is 0 Å². The average molecular weight is 327 g/mol. The van der Waals surface area contributed by atoms with E-state index in [9.17, 15) is 8.78 Å². The van der Waals surface area contributed by atoms with Crippen LogP contribution in [0.1, 0.15) is 22.7 Å². The third kappa shape index (κ3) is 3.00. The summed E-state index contributed by atoms with van der Waals surface area (Å²) in [7, 11) is 0. The van der Waals surface area contributed by atoms with Gasteiger partial charge in [-0.2, -0.15) is 0 Å². The molecule has 0 saturated carbocycles. The largest absolute Gasteiger partial charge is 0.271 e. The molecule has 3 N–H and O–H groups in total. The molecule has 2 nitrogen and oxygen atoms in total. The van der Waals surface area contributed by atoms with Gasteiger partial charge in [-0.1, -0.05) is 28.1 Å². The molecule has 2 rings (SSSR count). The van der Waals surface area contributed by atoms with Gasteiger partial charge in [0.1, 0.15) is 11.6 Å². The first-order valence-electron chi connectivity index (χ1n) is 5.70. The van der Waals surface area contributed by atoms with E-state index in [0.29, 0.717) is 0 Å².